The molecule has 1 heterocycles. The van der Waals surface area contributed by atoms with Gasteiger partial charge < -0.3 is 0 Å². The molecular formula is C34H49ClN2O. The lowest BCUT2D eigenvalue weighted by atomic mass is 9.42. The van der Waals surface area contributed by atoms with Crippen LogP contribution in [-0.2, 0) is 0 Å². The zero-order valence-electron chi connectivity index (χ0n) is 24.4. The van der Waals surface area contributed by atoms with Gasteiger partial charge in [0.1, 0.15) is 0 Å². The van der Waals surface area contributed by atoms with E-state index in [2.05, 4.69) is 34.6 Å². The number of hydrogen-bond acceptors (Lipinski definition) is 2. The molecule has 9 atom stereocenters. The van der Waals surface area contributed by atoms with Gasteiger partial charge in [-0.15, -0.1) is 11.6 Å². The van der Waals surface area contributed by atoms with Gasteiger partial charge in [0.15, 0.2) is 0 Å². The van der Waals surface area contributed by atoms with E-state index in [9.17, 15) is 4.79 Å². The summed E-state index contributed by atoms with van der Waals surface area (Å²) in [7, 11) is 0. The second kappa shape index (κ2) is 9.64. The Labute approximate surface area is 236 Å². The number of rotatable bonds is 6. The number of halogens is 1. The van der Waals surface area contributed by atoms with Crippen LogP contribution in [0.4, 0.5) is 0 Å². The summed E-state index contributed by atoms with van der Waals surface area (Å²) in [5.74, 6) is 4.34. The van der Waals surface area contributed by atoms with Crippen molar-refractivity contribution in [2.75, 3.05) is 0 Å². The van der Waals surface area contributed by atoms with Gasteiger partial charge >= 0.3 is 0 Å². The molecule has 5 aliphatic rings. The van der Waals surface area contributed by atoms with E-state index in [0.29, 0.717) is 23.2 Å². The third-order valence-corrected chi connectivity index (χ3v) is 13.0. The largest absolute Gasteiger partial charge is 0.274 e. The highest BCUT2D eigenvalue weighted by molar-refractivity contribution is 6.20. The van der Waals surface area contributed by atoms with Crippen molar-refractivity contribution in [2.24, 2.45) is 51.4 Å². The number of amides is 1. The fourth-order valence-electron chi connectivity index (χ4n) is 10.6. The van der Waals surface area contributed by atoms with E-state index in [1.807, 2.05) is 35.3 Å². The minimum absolute atomic E-state index is 0.0687. The quantitative estimate of drug-likeness (QED) is 0.334. The van der Waals surface area contributed by atoms with Crippen molar-refractivity contribution >= 4 is 23.2 Å². The van der Waals surface area contributed by atoms with Crippen molar-refractivity contribution in [1.82, 2.24) is 5.01 Å². The standard InChI is InChI=1S/C34H49ClN2O/c1-22(2)10-9-11-23(3)26-14-15-27-30-28(17-18-32(26,27)4)33(5)19-16-25(35)20-34(33)21-29(30)36-37(34)31(38)24-12-7-6-8-13-24/h6-8,12-13,22-23,25-28,30H,9-11,14-21H2,1-5H3/t23-,25+,26-,27+,28+,30+,32-,33-,34+/m1/s1. The fraction of sp³-hybridized carbons (Fsp3) is 0.765. The lowest BCUT2D eigenvalue weighted by Gasteiger charge is -2.64. The van der Waals surface area contributed by atoms with Gasteiger partial charge in [-0.3, -0.25) is 4.79 Å². The Morgan fingerprint density at radius 1 is 1.03 bits per heavy atom. The molecule has 0 aromatic heterocycles. The van der Waals surface area contributed by atoms with Crippen LogP contribution < -0.4 is 0 Å². The molecule has 0 saturated heterocycles. The normalized spacial score (nSPS) is 42.3. The molecule has 1 spiro atoms. The summed E-state index contributed by atoms with van der Waals surface area (Å²) in [5, 5.41) is 7.43. The molecule has 4 heteroatoms. The number of carbonyl (C=O) groups is 1. The molecule has 0 unspecified atom stereocenters. The van der Waals surface area contributed by atoms with Gasteiger partial charge in [0.05, 0.1) is 5.54 Å². The third-order valence-electron chi connectivity index (χ3n) is 12.6. The van der Waals surface area contributed by atoms with Gasteiger partial charge in [-0.25, -0.2) is 5.01 Å². The maximum absolute atomic E-state index is 14.0. The summed E-state index contributed by atoms with van der Waals surface area (Å²) in [6, 6.07) is 9.82. The fourth-order valence-corrected chi connectivity index (χ4v) is 11.0. The first kappa shape index (κ1) is 26.9. The van der Waals surface area contributed by atoms with Gasteiger partial charge in [-0.1, -0.05) is 72.1 Å². The van der Waals surface area contributed by atoms with Gasteiger partial charge in [0, 0.05) is 29.0 Å². The molecule has 0 radical (unpaired) electrons. The molecule has 3 nitrogen and oxygen atoms in total. The van der Waals surface area contributed by atoms with Gasteiger partial charge in [-0.2, -0.15) is 5.10 Å². The average Bonchev–Trinajstić information content (AvgIpc) is 3.42. The van der Waals surface area contributed by atoms with E-state index < -0.39 is 0 Å². The van der Waals surface area contributed by atoms with Crippen LogP contribution in [0.15, 0.2) is 35.4 Å². The Morgan fingerprint density at radius 3 is 2.53 bits per heavy atom. The molecule has 1 aromatic rings. The maximum Gasteiger partial charge on any atom is 0.274 e. The van der Waals surface area contributed by atoms with Crippen molar-refractivity contribution in [2.45, 2.75) is 116 Å². The topological polar surface area (TPSA) is 32.7 Å². The first-order valence-corrected chi connectivity index (χ1v) is 16.2. The Bertz CT molecular complexity index is 1090. The lowest BCUT2D eigenvalue weighted by molar-refractivity contribution is -0.114. The van der Waals surface area contributed by atoms with E-state index in [1.165, 1.54) is 50.7 Å². The minimum Gasteiger partial charge on any atom is -0.267 e. The molecule has 6 rings (SSSR count). The van der Waals surface area contributed by atoms with Crippen molar-refractivity contribution in [3.8, 4) is 0 Å². The van der Waals surface area contributed by atoms with Crippen molar-refractivity contribution in [3.05, 3.63) is 35.9 Å². The summed E-state index contributed by atoms with van der Waals surface area (Å²) < 4.78 is 0. The number of hydrogen-bond donors (Lipinski definition) is 0. The summed E-state index contributed by atoms with van der Waals surface area (Å²) in [5.41, 5.74) is 2.29. The van der Waals surface area contributed by atoms with E-state index in [0.717, 1.165) is 49.0 Å². The van der Waals surface area contributed by atoms with Crippen LogP contribution in [0.5, 0.6) is 0 Å². The number of hydrazone groups is 1. The molecular weight excluding hydrogens is 488 g/mol. The molecule has 208 valence electrons. The highest BCUT2D eigenvalue weighted by atomic mass is 35.5. The predicted molar refractivity (Wildman–Crippen MR) is 157 cm³/mol. The monoisotopic (exact) mass is 536 g/mol. The van der Waals surface area contributed by atoms with Gasteiger partial charge in [0.2, 0.25) is 0 Å². The molecule has 38 heavy (non-hydrogen) atoms. The Hall–Kier alpha value is -1.35. The van der Waals surface area contributed by atoms with Gasteiger partial charge in [0.25, 0.3) is 5.91 Å². The van der Waals surface area contributed by atoms with Crippen LogP contribution in [0.3, 0.4) is 0 Å². The summed E-state index contributed by atoms with van der Waals surface area (Å²) in [4.78, 5) is 14.0. The Morgan fingerprint density at radius 2 is 1.79 bits per heavy atom. The van der Waals surface area contributed by atoms with Crippen LogP contribution in [0.1, 0.15) is 116 Å². The third kappa shape index (κ3) is 3.87. The van der Waals surface area contributed by atoms with E-state index in [-0.39, 0.29) is 22.2 Å². The SMILES string of the molecule is CC(C)CCC[C@@H](C)[C@H]1CC[C@H]2[C@@H]3C4=NN(C(=O)c5ccccc5)[C@]5(C4)C[C@@H](Cl)CC[C@]5(C)[C@H]3CC[C@]12C. The smallest absolute Gasteiger partial charge is 0.267 e. The number of nitrogens with zero attached hydrogens (tertiary/aromatic N) is 2. The highest BCUT2D eigenvalue weighted by Crippen LogP contribution is 2.71. The predicted octanol–water partition coefficient (Wildman–Crippen LogP) is 8.96. The van der Waals surface area contributed by atoms with E-state index >= 15 is 0 Å². The molecule has 0 N–H and O–H groups in total. The average molecular weight is 537 g/mol. The zero-order chi connectivity index (χ0) is 26.9. The summed E-state index contributed by atoms with van der Waals surface area (Å²) in [6.45, 7) is 12.4. The van der Waals surface area contributed by atoms with Crippen LogP contribution in [0, 0.1) is 46.3 Å². The summed E-state index contributed by atoms with van der Waals surface area (Å²) in [6.07, 6.45) is 13.4. The molecule has 1 aromatic carbocycles. The Balaban J connectivity index is 1.34. The van der Waals surface area contributed by atoms with Crippen molar-refractivity contribution < 1.29 is 4.79 Å². The summed E-state index contributed by atoms with van der Waals surface area (Å²) >= 11 is 6.91. The first-order valence-electron chi connectivity index (χ1n) is 15.7. The number of fused-ring (bicyclic) bond motifs is 6. The van der Waals surface area contributed by atoms with Crippen LogP contribution in [0.2, 0.25) is 0 Å². The van der Waals surface area contributed by atoms with Gasteiger partial charge in [-0.05, 0) is 97.5 Å². The van der Waals surface area contributed by atoms with Crippen LogP contribution in [-0.4, -0.2) is 27.5 Å². The van der Waals surface area contributed by atoms with Crippen molar-refractivity contribution in [3.63, 3.8) is 0 Å². The molecule has 1 aliphatic heterocycles. The first-order chi connectivity index (χ1) is 18.1. The zero-order valence-corrected chi connectivity index (χ0v) is 25.1. The molecule has 4 saturated carbocycles. The van der Waals surface area contributed by atoms with E-state index in [1.54, 1.807) is 0 Å². The minimum atomic E-state index is -0.267. The number of alkyl halides is 1. The Kier molecular flexibility index (Phi) is 6.81. The van der Waals surface area contributed by atoms with Crippen LogP contribution >= 0.6 is 11.6 Å². The maximum atomic E-state index is 14.0. The second-order valence-corrected chi connectivity index (χ2v) is 15.4. The number of benzene rings is 1. The van der Waals surface area contributed by atoms with Crippen LogP contribution in [0.25, 0.3) is 0 Å². The lowest BCUT2D eigenvalue weighted by Crippen LogP contribution is -2.67. The molecule has 1 amide bonds. The molecule has 4 fully saturated rings. The highest BCUT2D eigenvalue weighted by Gasteiger charge is 2.71. The van der Waals surface area contributed by atoms with Crippen molar-refractivity contribution in [1.29, 1.82) is 0 Å². The molecule has 2 bridgehead atoms. The number of carbonyl (C=O) groups excluding carboxylic acids is 1. The molecule has 4 aliphatic carbocycles. The van der Waals surface area contributed by atoms with E-state index in [4.69, 9.17) is 16.7 Å². The second-order valence-electron chi connectivity index (χ2n) is 14.8.